The Morgan fingerprint density at radius 1 is 1.35 bits per heavy atom. The lowest BCUT2D eigenvalue weighted by molar-refractivity contribution is -0.143. The number of nitrogens with zero attached hydrogens (tertiary/aromatic N) is 3. The summed E-state index contributed by atoms with van der Waals surface area (Å²) in [5.74, 6) is 1.31. The Bertz CT molecular complexity index is 421. The second-order valence-electron chi connectivity index (χ2n) is 4.77. The Balaban J connectivity index is 2.20. The predicted octanol–water partition coefficient (Wildman–Crippen LogP) is 2.66. The van der Waals surface area contributed by atoms with Crippen molar-refractivity contribution < 1.29 is 9.53 Å². The van der Waals surface area contributed by atoms with Gasteiger partial charge in [0.25, 0.3) is 0 Å². The van der Waals surface area contributed by atoms with Gasteiger partial charge in [0.05, 0.1) is 6.61 Å². The lowest BCUT2D eigenvalue weighted by Crippen LogP contribution is -2.07. The van der Waals surface area contributed by atoms with E-state index in [9.17, 15) is 4.79 Å². The van der Waals surface area contributed by atoms with Crippen molar-refractivity contribution in [1.82, 2.24) is 14.8 Å². The number of anilines is 1. The molecule has 1 aromatic heterocycles. The van der Waals surface area contributed by atoms with E-state index in [0.29, 0.717) is 19.0 Å². The topological polar surface area (TPSA) is 83.0 Å². The normalized spacial score (nSPS) is 11.0. The average molecular weight is 300 g/mol. The molecule has 0 aliphatic carbocycles. The molecule has 0 aliphatic rings. The number of hydrogen-bond donors (Lipinski definition) is 1. The summed E-state index contributed by atoms with van der Waals surface area (Å²) in [4.78, 5) is 11.2. The maximum absolute atomic E-state index is 11.2. The zero-order chi connectivity index (χ0) is 15.0. The number of ether oxygens (including phenoxy) is 1. The predicted molar refractivity (Wildman–Crippen MR) is 80.6 cm³/mol. The fourth-order valence-corrected chi connectivity index (χ4v) is 2.89. The lowest BCUT2D eigenvalue weighted by atomic mass is 10.2. The van der Waals surface area contributed by atoms with Gasteiger partial charge in [-0.2, -0.15) is 0 Å². The second kappa shape index (κ2) is 8.84. The van der Waals surface area contributed by atoms with Crippen molar-refractivity contribution in [2.75, 3.05) is 18.1 Å². The number of nitrogen functional groups attached to an aromatic ring is 1. The number of nitrogens with two attached hydrogens (primary N) is 1. The first-order chi connectivity index (χ1) is 9.56. The SMILES string of the molecule is CCOC(=O)CCCCCSc1nnc(N)n1C(C)C. The van der Waals surface area contributed by atoms with Crippen LogP contribution in [0.3, 0.4) is 0 Å². The van der Waals surface area contributed by atoms with Gasteiger partial charge in [0, 0.05) is 18.2 Å². The van der Waals surface area contributed by atoms with Crippen molar-refractivity contribution in [2.24, 2.45) is 0 Å². The highest BCUT2D eigenvalue weighted by Crippen LogP contribution is 2.23. The van der Waals surface area contributed by atoms with Gasteiger partial charge in [-0.15, -0.1) is 10.2 Å². The van der Waals surface area contributed by atoms with Crippen molar-refractivity contribution in [2.45, 2.75) is 57.7 Å². The summed E-state index contributed by atoms with van der Waals surface area (Å²) in [6.45, 7) is 6.40. The smallest absolute Gasteiger partial charge is 0.305 e. The van der Waals surface area contributed by atoms with Gasteiger partial charge in [0.1, 0.15) is 0 Å². The van der Waals surface area contributed by atoms with Crippen LogP contribution < -0.4 is 5.73 Å². The quantitative estimate of drug-likeness (QED) is 0.429. The van der Waals surface area contributed by atoms with Crippen LogP contribution >= 0.6 is 11.8 Å². The first-order valence-corrected chi connectivity index (χ1v) is 8.03. The van der Waals surface area contributed by atoms with E-state index in [0.717, 1.165) is 30.2 Å². The van der Waals surface area contributed by atoms with E-state index in [1.165, 1.54) is 0 Å². The van der Waals surface area contributed by atoms with Gasteiger partial charge in [-0.1, -0.05) is 18.2 Å². The molecule has 114 valence electrons. The Hall–Kier alpha value is -1.24. The van der Waals surface area contributed by atoms with Crippen LogP contribution in [0.4, 0.5) is 5.95 Å². The molecule has 1 heterocycles. The van der Waals surface area contributed by atoms with Crippen LogP contribution in [-0.4, -0.2) is 33.1 Å². The van der Waals surface area contributed by atoms with Gasteiger partial charge in [0.15, 0.2) is 5.16 Å². The van der Waals surface area contributed by atoms with E-state index >= 15 is 0 Å². The number of carbonyl (C=O) groups excluding carboxylic acids is 1. The zero-order valence-electron chi connectivity index (χ0n) is 12.5. The van der Waals surface area contributed by atoms with Gasteiger partial charge < -0.3 is 10.5 Å². The molecule has 1 aromatic rings. The molecule has 0 saturated carbocycles. The van der Waals surface area contributed by atoms with Crippen LogP contribution in [0.2, 0.25) is 0 Å². The maximum atomic E-state index is 11.2. The van der Waals surface area contributed by atoms with E-state index in [1.807, 2.05) is 11.5 Å². The number of rotatable bonds is 9. The van der Waals surface area contributed by atoms with Gasteiger partial charge in [0.2, 0.25) is 5.95 Å². The Kier molecular flexibility index (Phi) is 7.43. The molecule has 0 radical (unpaired) electrons. The molecule has 0 aliphatic heterocycles. The molecular weight excluding hydrogens is 276 g/mol. The molecule has 0 spiro atoms. The number of aromatic nitrogens is 3. The highest BCUT2D eigenvalue weighted by Gasteiger charge is 2.12. The van der Waals surface area contributed by atoms with E-state index in [-0.39, 0.29) is 12.0 Å². The Morgan fingerprint density at radius 3 is 2.75 bits per heavy atom. The first kappa shape index (κ1) is 16.8. The average Bonchev–Trinajstić information content (AvgIpc) is 2.75. The number of esters is 1. The van der Waals surface area contributed by atoms with Gasteiger partial charge in [-0.3, -0.25) is 9.36 Å². The first-order valence-electron chi connectivity index (χ1n) is 7.05. The summed E-state index contributed by atoms with van der Waals surface area (Å²) >= 11 is 1.66. The van der Waals surface area contributed by atoms with Crippen molar-refractivity contribution in [3.8, 4) is 0 Å². The maximum Gasteiger partial charge on any atom is 0.305 e. The molecule has 0 unspecified atom stereocenters. The van der Waals surface area contributed by atoms with Crippen LogP contribution in [0, 0.1) is 0 Å². The third-order valence-corrected chi connectivity index (χ3v) is 3.80. The third-order valence-electron chi connectivity index (χ3n) is 2.77. The lowest BCUT2D eigenvalue weighted by Gasteiger charge is -2.11. The fourth-order valence-electron chi connectivity index (χ4n) is 1.82. The molecule has 1 rings (SSSR count). The number of thioether (sulfide) groups is 1. The van der Waals surface area contributed by atoms with E-state index < -0.39 is 0 Å². The van der Waals surface area contributed by atoms with Crippen LogP contribution in [0.15, 0.2) is 5.16 Å². The molecule has 0 amide bonds. The van der Waals surface area contributed by atoms with Crippen LogP contribution in [0.25, 0.3) is 0 Å². The number of hydrogen-bond acceptors (Lipinski definition) is 6. The molecule has 2 N–H and O–H groups in total. The van der Waals surface area contributed by atoms with Crippen molar-refractivity contribution >= 4 is 23.7 Å². The van der Waals surface area contributed by atoms with Gasteiger partial charge in [-0.25, -0.2) is 0 Å². The van der Waals surface area contributed by atoms with Crippen molar-refractivity contribution in [3.05, 3.63) is 0 Å². The van der Waals surface area contributed by atoms with E-state index in [2.05, 4.69) is 24.0 Å². The van der Waals surface area contributed by atoms with E-state index in [1.54, 1.807) is 11.8 Å². The summed E-state index contributed by atoms with van der Waals surface area (Å²) < 4.78 is 6.82. The number of unbranched alkanes of at least 4 members (excludes halogenated alkanes) is 2. The minimum Gasteiger partial charge on any atom is -0.466 e. The molecule has 20 heavy (non-hydrogen) atoms. The highest BCUT2D eigenvalue weighted by atomic mass is 32.2. The minimum absolute atomic E-state index is 0.104. The molecule has 0 aromatic carbocycles. The molecule has 0 saturated heterocycles. The Labute approximate surface area is 124 Å². The summed E-state index contributed by atoms with van der Waals surface area (Å²) in [6, 6.07) is 0.260. The standard InChI is InChI=1S/C13H24N4O2S/c1-4-19-11(18)8-6-5-7-9-20-13-16-15-12(14)17(13)10(2)3/h10H,4-9H2,1-3H3,(H2,14,15). The van der Waals surface area contributed by atoms with Crippen LogP contribution in [0.1, 0.15) is 52.5 Å². The summed E-state index contributed by atoms with van der Waals surface area (Å²) in [5, 5.41) is 8.85. The summed E-state index contributed by atoms with van der Waals surface area (Å²) in [5.41, 5.74) is 5.78. The minimum atomic E-state index is -0.104. The molecule has 0 bridgehead atoms. The number of carbonyl (C=O) groups is 1. The van der Waals surface area contributed by atoms with Gasteiger partial charge >= 0.3 is 5.97 Å². The Morgan fingerprint density at radius 2 is 2.10 bits per heavy atom. The zero-order valence-corrected chi connectivity index (χ0v) is 13.3. The van der Waals surface area contributed by atoms with Crippen molar-refractivity contribution in [3.63, 3.8) is 0 Å². The molecular formula is C13H24N4O2S. The van der Waals surface area contributed by atoms with Gasteiger partial charge in [-0.05, 0) is 33.6 Å². The summed E-state index contributed by atoms with van der Waals surface area (Å²) in [6.07, 6.45) is 3.43. The molecule has 0 fully saturated rings. The summed E-state index contributed by atoms with van der Waals surface area (Å²) in [7, 11) is 0. The van der Waals surface area contributed by atoms with Crippen molar-refractivity contribution in [1.29, 1.82) is 0 Å². The van der Waals surface area contributed by atoms with E-state index in [4.69, 9.17) is 10.5 Å². The molecule has 6 nitrogen and oxygen atoms in total. The second-order valence-corrected chi connectivity index (χ2v) is 5.83. The molecule has 0 atom stereocenters. The van der Waals surface area contributed by atoms with Crippen LogP contribution in [0.5, 0.6) is 0 Å². The largest absolute Gasteiger partial charge is 0.466 e. The fraction of sp³-hybridized carbons (Fsp3) is 0.769. The highest BCUT2D eigenvalue weighted by molar-refractivity contribution is 7.99. The monoisotopic (exact) mass is 300 g/mol. The molecule has 7 heteroatoms. The van der Waals surface area contributed by atoms with Crippen LogP contribution in [-0.2, 0) is 9.53 Å². The third kappa shape index (κ3) is 5.40.